The molecule has 4 aliphatic rings. The van der Waals surface area contributed by atoms with E-state index in [1.54, 1.807) is 31.7 Å². The number of nitrogens with two attached hydrogens (primary N) is 2. The highest BCUT2D eigenvalue weighted by atomic mass is 16.2. The van der Waals surface area contributed by atoms with Gasteiger partial charge in [0.2, 0.25) is 5.91 Å². The van der Waals surface area contributed by atoms with Gasteiger partial charge in [-0.25, -0.2) is 19.9 Å². The molecule has 8 aromatic rings. The number of aryl methyl sites for hydroxylation is 2. The van der Waals surface area contributed by atoms with Crippen LogP contribution in [0.15, 0.2) is 123 Å². The van der Waals surface area contributed by atoms with Crippen LogP contribution in [-0.2, 0) is 22.4 Å². The Bertz CT molecular complexity index is 3650. The van der Waals surface area contributed by atoms with Gasteiger partial charge in [-0.2, -0.15) is 0 Å². The van der Waals surface area contributed by atoms with Gasteiger partial charge in [0.1, 0.15) is 45.7 Å². The van der Waals surface area contributed by atoms with E-state index in [9.17, 15) is 19.2 Å². The van der Waals surface area contributed by atoms with E-state index < -0.39 is 0 Å². The molecule has 75 heavy (non-hydrogen) atoms. The fourth-order valence-electron chi connectivity index (χ4n) is 12.1. The topological polar surface area (TPSA) is 213 Å². The molecule has 4 N–H and O–H groups in total. The van der Waals surface area contributed by atoms with E-state index in [0.29, 0.717) is 57.0 Å². The average Bonchev–Trinajstić information content (AvgIpc) is 4.34. The first-order valence-electron chi connectivity index (χ1n) is 25.4. The number of hydrogen-bond donors (Lipinski definition) is 2. The van der Waals surface area contributed by atoms with Gasteiger partial charge >= 0.3 is 0 Å². The molecule has 8 heterocycles. The van der Waals surface area contributed by atoms with E-state index in [1.165, 1.54) is 6.08 Å². The molecule has 2 amide bonds. The standard InChI is InChI=1S/C30H28N6O2.C29H28N6O2/c1-3-4-25(38)36-23-10-9-21(16-23)27(36)30-34-26(28-29(31)33-13-14-35(28)30)20-7-5-19(6-8-20)24(37)17-22-15-18(2)11-12-32-22;1-3-24(37)35-22-9-8-20(15-22)26(35)29-33-25(27-28(30)32-12-13-34(27)29)19-6-4-18(5-7-19)23(36)16-21-14-17(2)10-11-31-21/h5-8,11-15,21,23,27H,9-10,16-17H2,1-2H3,(H2,31,33);3-7,10-14,20,22,26H,1,8-9,15-16H2,2H3,(H2,30,32)/t21-,23?,27?;20-,22?,26?/m00/s1. The minimum atomic E-state index is -0.173. The maximum Gasteiger partial charge on any atom is 0.299 e. The SMILES string of the molecule is C=CC(=O)N1C2CC[C@@H](C2)C1c1nc(-c2ccc(C(=O)Cc3cc(C)ccn3)cc2)c2c(N)nccn12.CC#CC(=O)N1C2CC[C@@H](C2)C1c1nc(-c2ccc(C(=O)Cc3cc(C)ccn3)cc2)c2c(N)nccn12. The lowest BCUT2D eigenvalue weighted by Crippen LogP contribution is -2.40. The molecule has 2 aliphatic carbocycles. The van der Waals surface area contributed by atoms with Crippen molar-refractivity contribution >= 4 is 46.0 Å². The predicted molar refractivity (Wildman–Crippen MR) is 285 cm³/mol. The van der Waals surface area contributed by atoms with Crippen molar-refractivity contribution in [3.63, 3.8) is 0 Å². The Hall–Kier alpha value is -8.84. The Morgan fingerprint density at radius 1 is 0.627 bits per heavy atom. The summed E-state index contributed by atoms with van der Waals surface area (Å²) in [6, 6.07) is 22.6. The summed E-state index contributed by atoms with van der Waals surface area (Å²) in [6.45, 7) is 9.37. The van der Waals surface area contributed by atoms with E-state index in [-0.39, 0.29) is 60.4 Å². The number of carbonyl (C=O) groups excluding carboxylic acids is 4. The second-order valence-corrected chi connectivity index (χ2v) is 20.1. The normalized spacial score (nSPS) is 20.2. The van der Waals surface area contributed by atoms with Crippen molar-refractivity contribution in [2.24, 2.45) is 11.8 Å². The predicted octanol–water partition coefficient (Wildman–Crippen LogP) is 8.53. The van der Waals surface area contributed by atoms with Gasteiger partial charge in [0.15, 0.2) is 11.6 Å². The summed E-state index contributed by atoms with van der Waals surface area (Å²) >= 11 is 0. The lowest BCUT2D eigenvalue weighted by molar-refractivity contribution is -0.131. The molecular formula is C59H56N12O4. The quantitative estimate of drug-likeness (QED) is 0.0709. The number of amides is 2. The zero-order chi connectivity index (χ0) is 52.1. The van der Waals surface area contributed by atoms with E-state index in [4.69, 9.17) is 21.4 Å². The van der Waals surface area contributed by atoms with Crippen LogP contribution in [0.1, 0.15) is 112 Å². The number of nitrogens with zero attached hydrogens (tertiary/aromatic N) is 10. The van der Waals surface area contributed by atoms with Crippen LogP contribution in [0.25, 0.3) is 33.5 Å². The van der Waals surface area contributed by atoms with Crippen molar-refractivity contribution in [1.82, 2.24) is 48.5 Å². The largest absolute Gasteiger partial charge is 0.382 e. The Morgan fingerprint density at radius 2 is 1.08 bits per heavy atom. The van der Waals surface area contributed by atoms with Crippen molar-refractivity contribution in [2.75, 3.05) is 11.5 Å². The molecule has 4 bridgehead atoms. The van der Waals surface area contributed by atoms with Crippen LogP contribution >= 0.6 is 0 Å². The third-order valence-corrected chi connectivity index (χ3v) is 15.4. The fraction of sp³-hybridized carbons (Fsp3) is 0.288. The Kier molecular flexibility index (Phi) is 12.8. The first-order chi connectivity index (χ1) is 36.4. The third kappa shape index (κ3) is 8.98. The van der Waals surface area contributed by atoms with Crippen LogP contribution < -0.4 is 11.5 Å². The molecule has 2 aliphatic heterocycles. The van der Waals surface area contributed by atoms with E-state index in [1.807, 2.05) is 118 Å². The van der Waals surface area contributed by atoms with Gasteiger partial charge in [-0.15, -0.1) is 0 Å². The first-order valence-corrected chi connectivity index (χ1v) is 25.4. The van der Waals surface area contributed by atoms with E-state index in [0.717, 1.165) is 83.8 Å². The highest BCUT2D eigenvalue weighted by Crippen LogP contribution is 2.52. The van der Waals surface area contributed by atoms with Crippen LogP contribution in [0.5, 0.6) is 0 Å². The average molecular weight is 997 g/mol. The summed E-state index contributed by atoms with van der Waals surface area (Å²) in [5, 5.41) is 0. The third-order valence-electron chi connectivity index (χ3n) is 15.4. The fourth-order valence-corrected chi connectivity index (χ4v) is 12.1. The molecule has 376 valence electrons. The number of aromatic nitrogens is 8. The van der Waals surface area contributed by atoms with Crippen molar-refractivity contribution in [3.05, 3.63) is 168 Å². The molecule has 16 heteroatoms. The van der Waals surface area contributed by atoms with Crippen LogP contribution in [0.3, 0.4) is 0 Å². The maximum atomic E-state index is 13.0. The van der Waals surface area contributed by atoms with Gasteiger partial charge in [-0.3, -0.25) is 37.9 Å². The number of pyridine rings is 2. The number of rotatable bonds is 11. The summed E-state index contributed by atoms with van der Waals surface area (Å²) in [5.41, 5.74) is 22.0. The minimum absolute atomic E-state index is 0.000568. The molecule has 4 fully saturated rings. The highest BCUT2D eigenvalue weighted by molar-refractivity contribution is 5.99. The van der Waals surface area contributed by atoms with Crippen LogP contribution in [0.2, 0.25) is 0 Å². The van der Waals surface area contributed by atoms with Crippen LogP contribution in [-0.4, -0.2) is 84.0 Å². The molecule has 6 atom stereocenters. The molecule has 0 radical (unpaired) electrons. The summed E-state index contributed by atoms with van der Waals surface area (Å²) in [4.78, 5) is 82.8. The Labute approximate surface area is 434 Å². The minimum Gasteiger partial charge on any atom is -0.382 e. The number of anilines is 2. The number of nitrogen functional groups attached to an aromatic ring is 2. The second kappa shape index (κ2) is 19.9. The number of Topliss-reactive ketones (excluding diaryl/α,β-unsaturated/α-hetero) is 2. The Balaban J connectivity index is 0.000000161. The lowest BCUT2D eigenvalue weighted by atomic mass is 9.97. The number of likely N-dealkylation sites (tertiary alicyclic amines) is 2. The lowest BCUT2D eigenvalue weighted by Gasteiger charge is -2.33. The molecule has 12 rings (SSSR count). The summed E-state index contributed by atoms with van der Waals surface area (Å²) in [5.74, 6) is 8.22. The van der Waals surface area contributed by atoms with Gasteiger partial charge in [0.25, 0.3) is 5.91 Å². The summed E-state index contributed by atoms with van der Waals surface area (Å²) in [7, 11) is 0. The zero-order valence-corrected chi connectivity index (χ0v) is 42.1. The van der Waals surface area contributed by atoms with Crippen molar-refractivity contribution in [1.29, 1.82) is 0 Å². The van der Waals surface area contributed by atoms with Gasteiger partial charge in [0.05, 0.1) is 24.9 Å². The van der Waals surface area contributed by atoms with Crippen molar-refractivity contribution in [2.45, 2.75) is 96.3 Å². The maximum absolute atomic E-state index is 13.0. The van der Waals surface area contributed by atoms with Crippen LogP contribution in [0.4, 0.5) is 11.6 Å². The molecule has 2 saturated heterocycles. The molecule has 4 unspecified atom stereocenters. The zero-order valence-electron chi connectivity index (χ0n) is 42.1. The number of imidazole rings is 2. The number of hydrogen-bond acceptors (Lipinski definition) is 12. The number of carbonyl (C=O) groups is 4. The van der Waals surface area contributed by atoms with Gasteiger partial charge in [0, 0.05) is 82.9 Å². The van der Waals surface area contributed by atoms with Gasteiger partial charge in [-0.05, 0) is 119 Å². The second-order valence-electron chi connectivity index (χ2n) is 20.1. The smallest absolute Gasteiger partial charge is 0.299 e. The number of benzene rings is 2. The van der Waals surface area contributed by atoms with E-state index >= 15 is 0 Å². The van der Waals surface area contributed by atoms with Crippen molar-refractivity contribution in [3.8, 4) is 34.4 Å². The van der Waals surface area contributed by atoms with Crippen LogP contribution in [0, 0.1) is 37.5 Å². The molecular weight excluding hydrogens is 941 g/mol. The van der Waals surface area contributed by atoms with Gasteiger partial charge < -0.3 is 21.3 Å². The monoisotopic (exact) mass is 996 g/mol. The highest BCUT2D eigenvalue weighted by Gasteiger charge is 2.51. The summed E-state index contributed by atoms with van der Waals surface area (Å²) in [6.07, 6.45) is 18.4. The van der Waals surface area contributed by atoms with E-state index in [2.05, 4.69) is 38.4 Å². The molecule has 6 aromatic heterocycles. The number of ketones is 2. The van der Waals surface area contributed by atoms with Gasteiger partial charge in [-0.1, -0.05) is 61.0 Å². The molecule has 16 nitrogen and oxygen atoms in total. The number of piperidine rings is 2. The summed E-state index contributed by atoms with van der Waals surface area (Å²) < 4.78 is 3.93. The molecule has 2 aromatic carbocycles. The number of fused-ring (bicyclic) bond motifs is 6. The van der Waals surface area contributed by atoms with Crippen molar-refractivity contribution < 1.29 is 19.2 Å². The first kappa shape index (κ1) is 48.4. The molecule has 2 saturated carbocycles. The molecule has 0 spiro atoms. The Morgan fingerprint density at radius 3 is 1.52 bits per heavy atom.